The summed E-state index contributed by atoms with van der Waals surface area (Å²) in [7, 11) is 0. The van der Waals surface area contributed by atoms with Crippen LogP contribution in [0, 0.1) is 5.82 Å². The highest BCUT2D eigenvalue weighted by atomic mass is 19.1. The molecule has 0 unspecified atom stereocenters. The highest BCUT2D eigenvalue weighted by molar-refractivity contribution is 5.81. The number of carboxylic acid groups (broad SMARTS) is 1. The van der Waals surface area contributed by atoms with Crippen LogP contribution in [0.15, 0.2) is 40.8 Å². The van der Waals surface area contributed by atoms with Crippen LogP contribution in [0.2, 0.25) is 0 Å². The standard InChI is InChI=1S/C18H20FNO4/c1-12(2)20(11-18(22)23)17(21)10-8-13-7-9-16(24-13)14-5-3-4-6-15(14)19/h3-7,9,12H,8,10-11H2,1-2H3,(H,22,23). The van der Waals surface area contributed by atoms with Crippen LogP contribution in [0.5, 0.6) is 0 Å². The lowest BCUT2D eigenvalue weighted by molar-refractivity contribution is -0.145. The normalized spacial score (nSPS) is 10.8. The first kappa shape index (κ1) is 17.7. The minimum Gasteiger partial charge on any atom is -0.480 e. The van der Waals surface area contributed by atoms with Gasteiger partial charge in [0.2, 0.25) is 5.91 Å². The van der Waals surface area contributed by atoms with E-state index >= 15 is 0 Å². The number of halogens is 1. The Labute approximate surface area is 139 Å². The summed E-state index contributed by atoms with van der Waals surface area (Å²) in [6.07, 6.45) is 0.464. The molecule has 0 bridgehead atoms. The number of aryl methyl sites for hydroxylation is 1. The molecule has 1 amide bonds. The van der Waals surface area contributed by atoms with Crippen LogP contribution in [0.4, 0.5) is 4.39 Å². The summed E-state index contributed by atoms with van der Waals surface area (Å²) in [5.74, 6) is -0.711. The van der Waals surface area contributed by atoms with E-state index in [0.717, 1.165) is 0 Å². The first-order chi connectivity index (χ1) is 11.4. The van der Waals surface area contributed by atoms with Crippen LogP contribution in [0.25, 0.3) is 11.3 Å². The van der Waals surface area contributed by atoms with Gasteiger partial charge in [-0.2, -0.15) is 0 Å². The summed E-state index contributed by atoms with van der Waals surface area (Å²) in [4.78, 5) is 24.3. The molecule has 1 N–H and O–H groups in total. The summed E-state index contributed by atoms with van der Waals surface area (Å²) >= 11 is 0. The van der Waals surface area contributed by atoms with E-state index < -0.39 is 5.97 Å². The maximum absolute atomic E-state index is 13.7. The SMILES string of the molecule is CC(C)N(CC(=O)O)C(=O)CCc1ccc(-c2ccccc2F)o1. The van der Waals surface area contributed by atoms with Gasteiger partial charge in [0.05, 0.1) is 5.56 Å². The molecule has 0 saturated carbocycles. The smallest absolute Gasteiger partial charge is 0.323 e. The van der Waals surface area contributed by atoms with E-state index in [1.807, 2.05) is 0 Å². The Morgan fingerprint density at radius 1 is 1.21 bits per heavy atom. The van der Waals surface area contributed by atoms with Crippen LogP contribution in [0.3, 0.4) is 0 Å². The zero-order valence-corrected chi connectivity index (χ0v) is 13.7. The zero-order chi connectivity index (χ0) is 17.7. The monoisotopic (exact) mass is 333 g/mol. The van der Waals surface area contributed by atoms with Crippen LogP contribution in [-0.2, 0) is 16.0 Å². The average molecular weight is 333 g/mol. The molecule has 0 atom stereocenters. The van der Waals surface area contributed by atoms with E-state index in [1.54, 1.807) is 44.2 Å². The molecule has 0 aliphatic rings. The average Bonchev–Trinajstić information content (AvgIpc) is 2.99. The minimum atomic E-state index is -1.04. The highest BCUT2D eigenvalue weighted by Crippen LogP contribution is 2.25. The topological polar surface area (TPSA) is 70.8 Å². The van der Waals surface area contributed by atoms with Gasteiger partial charge in [-0.25, -0.2) is 4.39 Å². The zero-order valence-electron chi connectivity index (χ0n) is 13.7. The van der Waals surface area contributed by atoms with Crippen molar-refractivity contribution in [3.8, 4) is 11.3 Å². The van der Waals surface area contributed by atoms with Gasteiger partial charge in [-0.15, -0.1) is 0 Å². The van der Waals surface area contributed by atoms with E-state index in [4.69, 9.17) is 9.52 Å². The van der Waals surface area contributed by atoms with Crippen molar-refractivity contribution in [2.45, 2.75) is 32.7 Å². The predicted octanol–water partition coefficient (Wildman–Crippen LogP) is 3.34. The fraction of sp³-hybridized carbons (Fsp3) is 0.333. The van der Waals surface area contributed by atoms with Crippen molar-refractivity contribution in [2.24, 2.45) is 0 Å². The van der Waals surface area contributed by atoms with Gasteiger partial charge in [-0.1, -0.05) is 12.1 Å². The molecule has 0 spiro atoms. The molecule has 5 nitrogen and oxygen atoms in total. The molecule has 0 saturated heterocycles. The molecule has 0 fully saturated rings. The van der Waals surface area contributed by atoms with E-state index in [0.29, 0.717) is 23.5 Å². The van der Waals surface area contributed by atoms with Crippen LogP contribution < -0.4 is 0 Å². The molecular formula is C18H20FNO4. The number of rotatable bonds is 7. The fourth-order valence-corrected chi connectivity index (χ4v) is 2.40. The quantitative estimate of drug-likeness (QED) is 0.843. The first-order valence-electron chi connectivity index (χ1n) is 7.73. The second-order valence-electron chi connectivity index (χ2n) is 5.75. The van der Waals surface area contributed by atoms with Gasteiger partial charge >= 0.3 is 5.97 Å². The Kier molecular flexibility index (Phi) is 5.73. The number of nitrogens with zero attached hydrogens (tertiary/aromatic N) is 1. The van der Waals surface area contributed by atoms with Crippen molar-refractivity contribution >= 4 is 11.9 Å². The van der Waals surface area contributed by atoms with Gasteiger partial charge < -0.3 is 14.4 Å². The number of hydrogen-bond donors (Lipinski definition) is 1. The molecule has 0 radical (unpaired) electrons. The van der Waals surface area contributed by atoms with Gasteiger partial charge in [-0.3, -0.25) is 9.59 Å². The predicted molar refractivity (Wildman–Crippen MR) is 86.9 cm³/mol. The van der Waals surface area contributed by atoms with Crippen molar-refractivity contribution in [1.82, 2.24) is 4.90 Å². The summed E-state index contributed by atoms with van der Waals surface area (Å²) in [6.45, 7) is 3.21. The third-order valence-corrected chi connectivity index (χ3v) is 3.64. The maximum Gasteiger partial charge on any atom is 0.323 e. The second-order valence-corrected chi connectivity index (χ2v) is 5.75. The summed E-state index contributed by atoms with van der Waals surface area (Å²) in [6, 6.07) is 9.46. The molecule has 24 heavy (non-hydrogen) atoms. The number of carbonyl (C=O) groups excluding carboxylic acids is 1. The third kappa shape index (κ3) is 4.44. The number of carboxylic acids is 1. The fourth-order valence-electron chi connectivity index (χ4n) is 2.40. The Balaban J connectivity index is 2.01. The number of hydrogen-bond acceptors (Lipinski definition) is 3. The minimum absolute atomic E-state index is 0.135. The van der Waals surface area contributed by atoms with Gasteiger partial charge in [0.1, 0.15) is 23.9 Å². The van der Waals surface area contributed by atoms with Crippen molar-refractivity contribution < 1.29 is 23.5 Å². The molecular weight excluding hydrogens is 313 g/mol. The van der Waals surface area contributed by atoms with Crippen molar-refractivity contribution in [3.05, 3.63) is 48.0 Å². The van der Waals surface area contributed by atoms with Crippen molar-refractivity contribution in [2.75, 3.05) is 6.54 Å². The van der Waals surface area contributed by atoms with E-state index in [1.165, 1.54) is 11.0 Å². The number of carbonyl (C=O) groups is 2. The summed E-state index contributed by atoms with van der Waals surface area (Å²) < 4.78 is 19.3. The Hall–Kier alpha value is -2.63. The lowest BCUT2D eigenvalue weighted by Crippen LogP contribution is -2.40. The third-order valence-electron chi connectivity index (χ3n) is 3.64. The lowest BCUT2D eigenvalue weighted by Gasteiger charge is -2.24. The molecule has 1 aromatic carbocycles. The maximum atomic E-state index is 13.7. The largest absolute Gasteiger partial charge is 0.480 e. The molecule has 2 rings (SSSR count). The first-order valence-corrected chi connectivity index (χ1v) is 7.73. The molecule has 0 aliphatic carbocycles. The van der Waals surface area contributed by atoms with Gasteiger partial charge in [-0.05, 0) is 38.1 Å². The van der Waals surface area contributed by atoms with E-state index in [9.17, 15) is 14.0 Å². The van der Waals surface area contributed by atoms with Gasteiger partial charge in [0, 0.05) is 18.9 Å². The summed E-state index contributed by atoms with van der Waals surface area (Å²) in [5, 5.41) is 8.87. The molecule has 1 aromatic heterocycles. The van der Waals surface area contributed by atoms with Crippen LogP contribution >= 0.6 is 0 Å². The van der Waals surface area contributed by atoms with E-state index in [2.05, 4.69) is 0 Å². The Bertz CT molecular complexity index is 723. The van der Waals surface area contributed by atoms with E-state index in [-0.39, 0.29) is 30.7 Å². The van der Waals surface area contributed by atoms with Crippen molar-refractivity contribution in [3.63, 3.8) is 0 Å². The molecule has 128 valence electrons. The molecule has 6 heteroatoms. The number of furan rings is 1. The lowest BCUT2D eigenvalue weighted by atomic mass is 10.1. The number of amides is 1. The van der Waals surface area contributed by atoms with Crippen LogP contribution in [0.1, 0.15) is 26.0 Å². The Morgan fingerprint density at radius 2 is 1.92 bits per heavy atom. The molecule has 1 heterocycles. The molecule has 0 aliphatic heterocycles. The number of aliphatic carboxylic acids is 1. The summed E-state index contributed by atoms with van der Waals surface area (Å²) in [5.41, 5.74) is 0.366. The van der Waals surface area contributed by atoms with Gasteiger partial charge in [0.15, 0.2) is 0 Å². The Morgan fingerprint density at radius 3 is 2.54 bits per heavy atom. The van der Waals surface area contributed by atoms with Gasteiger partial charge in [0.25, 0.3) is 0 Å². The number of benzene rings is 1. The highest BCUT2D eigenvalue weighted by Gasteiger charge is 2.20. The van der Waals surface area contributed by atoms with Crippen LogP contribution in [-0.4, -0.2) is 34.5 Å². The van der Waals surface area contributed by atoms with Crippen molar-refractivity contribution in [1.29, 1.82) is 0 Å². The second kappa shape index (κ2) is 7.77. The molecule has 2 aromatic rings.